The Balaban J connectivity index is 2.55. The van der Waals surface area contributed by atoms with Gasteiger partial charge >= 0.3 is 5.97 Å². The van der Waals surface area contributed by atoms with Crippen LogP contribution in [0.25, 0.3) is 0 Å². The molecule has 0 aliphatic carbocycles. The van der Waals surface area contributed by atoms with Crippen LogP contribution in [0, 0.1) is 6.10 Å². The topological polar surface area (TPSA) is 35.5 Å². The summed E-state index contributed by atoms with van der Waals surface area (Å²) in [5.74, 6) is 0.175. The maximum Gasteiger partial charge on any atom is 0.354 e. The minimum absolute atomic E-state index is 0.230. The molecule has 1 aromatic carbocycles. The molecular weight excluding hydrogens is 168 g/mol. The molecule has 0 heterocycles. The molecule has 0 aromatic heterocycles. The fourth-order valence-corrected chi connectivity index (χ4v) is 0.851. The van der Waals surface area contributed by atoms with Gasteiger partial charge in [-0.1, -0.05) is 18.2 Å². The molecule has 1 aromatic rings. The predicted octanol–water partition coefficient (Wildman–Crippen LogP) is 1.79. The molecule has 1 rings (SSSR count). The molecule has 0 N–H and O–H groups in total. The van der Waals surface area contributed by atoms with E-state index in [9.17, 15) is 4.79 Å². The fourth-order valence-electron chi connectivity index (χ4n) is 0.851. The van der Waals surface area contributed by atoms with Crippen molar-refractivity contribution in [3.8, 4) is 5.75 Å². The van der Waals surface area contributed by atoms with Crippen LogP contribution in [0.4, 0.5) is 0 Å². The molecule has 0 unspecified atom stereocenters. The lowest BCUT2D eigenvalue weighted by Crippen LogP contribution is -2.16. The van der Waals surface area contributed by atoms with E-state index in [0.29, 0.717) is 5.75 Å². The first-order valence-electron chi connectivity index (χ1n) is 3.89. The zero-order valence-corrected chi connectivity index (χ0v) is 7.61. The lowest BCUT2D eigenvalue weighted by atomic mass is 10.3. The highest BCUT2D eigenvalue weighted by molar-refractivity contribution is 5.82. The third-order valence-corrected chi connectivity index (χ3v) is 1.49. The van der Waals surface area contributed by atoms with Crippen LogP contribution >= 0.6 is 0 Å². The van der Waals surface area contributed by atoms with Crippen molar-refractivity contribution in [1.29, 1.82) is 0 Å². The van der Waals surface area contributed by atoms with Gasteiger partial charge in [0.2, 0.25) is 0 Å². The second-order valence-electron chi connectivity index (χ2n) is 2.46. The van der Waals surface area contributed by atoms with E-state index in [-0.39, 0.29) is 6.10 Å². The normalized spacial score (nSPS) is 9.77. The molecule has 0 spiro atoms. The number of rotatable bonds is 3. The molecule has 13 heavy (non-hydrogen) atoms. The van der Waals surface area contributed by atoms with Gasteiger partial charge in [0.1, 0.15) is 5.75 Å². The van der Waals surface area contributed by atoms with Crippen molar-refractivity contribution in [3.63, 3.8) is 0 Å². The van der Waals surface area contributed by atoms with E-state index in [1.165, 1.54) is 7.11 Å². The van der Waals surface area contributed by atoms with Crippen LogP contribution in [0.5, 0.6) is 5.75 Å². The van der Waals surface area contributed by atoms with Gasteiger partial charge < -0.3 is 9.47 Å². The number of methoxy groups -OCH3 is 1. The first-order chi connectivity index (χ1) is 6.24. The summed E-state index contributed by atoms with van der Waals surface area (Å²) in [4.78, 5) is 10.9. The summed E-state index contributed by atoms with van der Waals surface area (Å²) in [6.45, 7) is 1.57. The quantitative estimate of drug-likeness (QED) is 0.663. The molecule has 0 atom stereocenters. The number of hydrogen-bond acceptors (Lipinski definition) is 3. The number of carbonyl (C=O) groups is 1. The highest BCUT2D eigenvalue weighted by Gasteiger charge is 2.16. The third kappa shape index (κ3) is 2.78. The number of ether oxygens (including phenoxy) is 2. The number of benzene rings is 1. The van der Waals surface area contributed by atoms with E-state index in [1.54, 1.807) is 19.1 Å². The summed E-state index contributed by atoms with van der Waals surface area (Å²) in [5, 5.41) is 0. The predicted molar refractivity (Wildman–Crippen MR) is 48.0 cm³/mol. The Morgan fingerprint density at radius 3 is 2.38 bits per heavy atom. The summed E-state index contributed by atoms with van der Waals surface area (Å²) in [5.41, 5.74) is 0. The molecule has 0 fully saturated rings. The van der Waals surface area contributed by atoms with E-state index < -0.39 is 5.97 Å². The van der Waals surface area contributed by atoms with Crippen LogP contribution in [0.1, 0.15) is 6.92 Å². The molecular formula is C10H11O3. The minimum atomic E-state index is -0.455. The van der Waals surface area contributed by atoms with Crippen LogP contribution in [0.15, 0.2) is 30.3 Å². The zero-order chi connectivity index (χ0) is 9.68. The molecule has 0 aliphatic rings. The first-order valence-corrected chi connectivity index (χ1v) is 3.89. The van der Waals surface area contributed by atoms with Gasteiger partial charge in [-0.15, -0.1) is 0 Å². The second kappa shape index (κ2) is 4.50. The molecule has 0 amide bonds. The van der Waals surface area contributed by atoms with E-state index in [4.69, 9.17) is 4.74 Å². The van der Waals surface area contributed by atoms with Crippen molar-refractivity contribution >= 4 is 5.97 Å². The minimum Gasteiger partial charge on any atom is -0.471 e. The van der Waals surface area contributed by atoms with Crippen molar-refractivity contribution in [3.05, 3.63) is 36.4 Å². The van der Waals surface area contributed by atoms with Gasteiger partial charge in [0.05, 0.1) is 7.11 Å². The van der Waals surface area contributed by atoms with Crippen LogP contribution < -0.4 is 4.74 Å². The Labute approximate surface area is 77.3 Å². The average Bonchev–Trinajstić information content (AvgIpc) is 2.18. The second-order valence-corrected chi connectivity index (χ2v) is 2.46. The van der Waals surface area contributed by atoms with Crippen molar-refractivity contribution in [1.82, 2.24) is 0 Å². The van der Waals surface area contributed by atoms with Crippen LogP contribution in [0.2, 0.25) is 0 Å². The molecule has 3 heteroatoms. The van der Waals surface area contributed by atoms with E-state index in [0.717, 1.165) is 0 Å². The lowest BCUT2D eigenvalue weighted by Gasteiger charge is -2.09. The standard InChI is InChI=1S/C10H11O3/c1-8(10(11)12-2)13-9-6-4-3-5-7-9/h3-7H,1-2H3. The van der Waals surface area contributed by atoms with Crippen molar-refractivity contribution < 1.29 is 14.3 Å². The van der Waals surface area contributed by atoms with Crippen molar-refractivity contribution in [2.75, 3.05) is 7.11 Å². The van der Waals surface area contributed by atoms with Gasteiger partial charge in [0.15, 0.2) is 0 Å². The largest absolute Gasteiger partial charge is 0.471 e. The number of carbonyl (C=O) groups excluding carboxylic acids is 1. The van der Waals surface area contributed by atoms with Crippen molar-refractivity contribution in [2.45, 2.75) is 6.92 Å². The molecule has 69 valence electrons. The number of para-hydroxylation sites is 1. The van der Waals surface area contributed by atoms with E-state index >= 15 is 0 Å². The number of hydrogen-bond donors (Lipinski definition) is 0. The van der Waals surface area contributed by atoms with Crippen molar-refractivity contribution in [2.24, 2.45) is 0 Å². The lowest BCUT2D eigenvalue weighted by molar-refractivity contribution is -0.141. The molecule has 0 aliphatic heterocycles. The summed E-state index contributed by atoms with van der Waals surface area (Å²) in [7, 11) is 1.32. The van der Waals surface area contributed by atoms with Gasteiger partial charge in [0.25, 0.3) is 6.10 Å². The van der Waals surface area contributed by atoms with Gasteiger partial charge in [-0.25, -0.2) is 4.79 Å². The molecule has 3 nitrogen and oxygen atoms in total. The summed E-state index contributed by atoms with van der Waals surface area (Å²) < 4.78 is 9.69. The Morgan fingerprint density at radius 1 is 1.23 bits per heavy atom. The summed E-state index contributed by atoms with van der Waals surface area (Å²) in [6, 6.07) is 9.08. The van der Waals surface area contributed by atoms with Crippen LogP contribution in [-0.2, 0) is 9.53 Å². The summed E-state index contributed by atoms with van der Waals surface area (Å²) in [6.07, 6.45) is 0.230. The smallest absolute Gasteiger partial charge is 0.354 e. The maximum atomic E-state index is 10.9. The molecule has 0 bridgehead atoms. The summed E-state index contributed by atoms with van der Waals surface area (Å²) >= 11 is 0. The Hall–Kier alpha value is -1.51. The monoisotopic (exact) mass is 179 g/mol. The Kier molecular flexibility index (Phi) is 3.31. The van der Waals surface area contributed by atoms with Crippen LogP contribution in [0.3, 0.4) is 0 Å². The van der Waals surface area contributed by atoms with Gasteiger partial charge in [-0.2, -0.15) is 0 Å². The maximum absolute atomic E-state index is 10.9. The Morgan fingerprint density at radius 2 is 1.85 bits per heavy atom. The first kappa shape index (κ1) is 9.58. The fraction of sp³-hybridized carbons (Fsp3) is 0.200. The average molecular weight is 179 g/mol. The van der Waals surface area contributed by atoms with Gasteiger partial charge in [-0.05, 0) is 19.1 Å². The highest BCUT2D eigenvalue weighted by atomic mass is 16.6. The van der Waals surface area contributed by atoms with E-state index in [2.05, 4.69) is 4.74 Å². The highest BCUT2D eigenvalue weighted by Crippen LogP contribution is 2.14. The third-order valence-electron chi connectivity index (χ3n) is 1.49. The van der Waals surface area contributed by atoms with Gasteiger partial charge in [0, 0.05) is 0 Å². The van der Waals surface area contributed by atoms with Gasteiger partial charge in [-0.3, -0.25) is 0 Å². The molecule has 0 saturated heterocycles. The van der Waals surface area contributed by atoms with E-state index in [1.807, 2.05) is 18.2 Å². The SMILES string of the molecule is COC(=O)[C](C)Oc1ccccc1. The zero-order valence-electron chi connectivity index (χ0n) is 7.61. The Bertz CT molecular complexity index is 269. The van der Waals surface area contributed by atoms with Crippen LogP contribution in [-0.4, -0.2) is 13.1 Å². The molecule has 0 saturated carbocycles. The number of esters is 1. The molecule has 1 radical (unpaired) electrons.